The topological polar surface area (TPSA) is 50.2 Å². The number of thioether (sulfide) groups is 1. The molecule has 5 nitrogen and oxygen atoms in total. The monoisotopic (exact) mass is 302 g/mol. The fourth-order valence-electron chi connectivity index (χ4n) is 2.32. The summed E-state index contributed by atoms with van der Waals surface area (Å²) < 4.78 is 1.79. The molecule has 0 radical (unpaired) electrons. The normalized spacial score (nSPS) is 17.7. The van der Waals surface area contributed by atoms with Gasteiger partial charge in [0.15, 0.2) is 0 Å². The van der Waals surface area contributed by atoms with Gasteiger partial charge in [0.25, 0.3) is 0 Å². The number of amides is 2. The van der Waals surface area contributed by atoms with Gasteiger partial charge in [0.05, 0.1) is 5.69 Å². The van der Waals surface area contributed by atoms with Gasteiger partial charge in [-0.1, -0.05) is 0 Å². The predicted molar refractivity (Wildman–Crippen MR) is 86.1 cm³/mol. The SMILES string of the molecule is CN(C(=O)Nc1ccc(-n2cccn2)cc1)[C@H]1CCSC1. The molecule has 1 aromatic carbocycles. The van der Waals surface area contributed by atoms with Crippen LogP contribution in [-0.4, -0.2) is 45.3 Å². The molecule has 0 saturated carbocycles. The van der Waals surface area contributed by atoms with Crippen LogP contribution in [0.2, 0.25) is 0 Å². The van der Waals surface area contributed by atoms with Crippen LogP contribution in [0.1, 0.15) is 6.42 Å². The summed E-state index contributed by atoms with van der Waals surface area (Å²) in [6.45, 7) is 0. The van der Waals surface area contributed by atoms with E-state index in [1.165, 1.54) is 0 Å². The van der Waals surface area contributed by atoms with E-state index >= 15 is 0 Å². The van der Waals surface area contributed by atoms with Crippen molar-refractivity contribution in [3.8, 4) is 5.69 Å². The van der Waals surface area contributed by atoms with E-state index < -0.39 is 0 Å². The largest absolute Gasteiger partial charge is 0.324 e. The Morgan fingerprint density at radius 2 is 2.24 bits per heavy atom. The first-order valence-corrected chi connectivity index (χ1v) is 8.11. The van der Waals surface area contributed by atoms with Crippen molar-refractivity contribution in [2.45, 2.75) is 12.5 Å². The Kier molecular flexibility index (Phi) is 4.15. The average Bonchev–Trinajstić information content (AvgIpc) is 3.20. The zero-order valence-corrected chi connectivity index (χ0v) is 12.7. The lowest BCUT2D eigenvalue weighted by atomic mass is 10.2. The van der Waals surface area contributed by atoms with Crippen LogP contribution < -0.4 is 5.32 Å². The number of aromatic nitrogens is 2. The van der Waals surface area contributed by atoms with Gasteiger partial charge < -0.3 is 10.2 Å². The zero-order chi connectivity index (χ0) is 14.7. The lowest BCUT2D eigenvalue weighted by Gasteiger charge is -2.24. The fourth-order valence-corrected chi connectivity index (χ4v) is 3.59. The van der Waals surface area contributed by atoms with E-state index in [1.807, 2.05) is 55.3 Å². The highest BCUT2D eigenvalue weighted by Gasteiger charge is 2.23. The number of nitrogens with one attached hydrogen (secondary N) is 1. The van der Waals surface area contributed by atoms with Crippen molar-refractivity contribution < 1.29 is 4.79 Å². The smallest absolute Gasteiger partial charge is 0.321 e. The molecular weight excluding hydrogens is 284 g/mol. The van der Waals surface area contributed by atoms with E-state index in [0.717, 1.165) is 29.3 Å². The molecule has 1 aromatic heterocycles. The Hall–Kier alpha value is -1.95. The second kappa shape index (κ2) is 6.22. The van der Waals surface area contributed by atoms with Gasteiger partial charge in [-0.25, -0.2) is 9.48 Å². The summed E-state index contributed by atoms with van der Waals surface area (Å²) in [6.07, 6.45) is 4.70. The summed E-state index contributed by atoms with van der Waals surface area (Å²) in [5.74, 6) is 2.17. The van der Waals surface area contributed by atoms with Gasteiger partial charge >= 0.3 is 6.03 Å². The molecule has 21 heavy (non-hydrogen) atoms. The molecule has 2 heterocycles. The molecule has 1 N–H and O–H groups in total. The first kappa shape index (κ1) is 14.0. The van der Waals surface area contributed by atoms with Crippen molar-refractivity contribution >= 4 is 23.5 Å². The molecular formula is C15H18N4OS. The molecule has 6 heteroatoms. The molecule has 1 saturated heterocycles. The minimum atomic E-state index is -0.0469. The van der Waals surface area contributed by atoms with E-state index in [1.54, 1.807) is 15.8 Å². The van der Waals surface area contributed by atoms with Gasteiger partial charge in [0, 0.05) is 36.9 Å². The second-order valence-electron chi connectivity index (χ2n) is 5.06. The summed E-state index contributed by atoms with van der Waals surface area (Å²) in [5, 5.41) is 7.12. The number of carbonyl (C=O) groups is 1. The minimum Gasteiger partial charge on any atom is -0.324 e. The molecule has 1 aliphatic rings. The molecule has 3 rings (SSSR count). The number of hydrogen-bond acceptors (Lipinski definition) is 3. The summed E-state index contributed by atoms with van der Waals surface area (Å²) in [4.78, 5) is 14.0. The van der Waals surface area contributed by atoms with Gasteiger partial charge in [-0.2, -0.15) is 16.9 Å². The molecule has 110 valence electrons. The van der Waals surface area contributed by atoms with E-state index in [0.29, 0.717) is 6.04 Å². The van der Waals surface area contributed by atoms with Crippen molar-refractivity contribution in [3.05, 3.63) is 42.7 Å². The fraction of sp³-hybridized carbons (Fsp3) is 0.333. The van der Waals surface area contributed by atoms with E-state index in [-0.39, 0.29) is 6.03 Å². The van der Waals surface area contributed by atoms with Gasteiger partial charge in [0.2, 0.25) is 0 Å². The van der Waals surface area contributed by atoms with Crippen molar-refractivity contribution in [1.29, 1.82) is 0 Å². The lowest BCUT2D eigenvalue weighted by molar-refractivity contribution is 0.209. The Morgan fingerprint density at radius 3 is 2.86 bits per heavy atom. The van der Waals surface area contributed by atoms with Crippen molar-refractivity contribution in [1.82, 2.24) is 14.7 Å². The summed E-state index contributed by atoms with van der Waals surface area (Å²) in [7, 11) is 1.87. The summed E-state index contributed by atoms with van der Waals surface area (Å²) in [6, 6.07) is 9.85. The third-order valence-electron chi connectivity index (χ3n) is 3.66. The lowest BCUT2D eigenvalue weighted by Crippen LogP contribution is -2.39. The highest BCUT2D eigenvalue weighted by molar-refractivity contribution is 7.99. The predicted octanol–water partition coefficient (Wildman–Crippen LogP) is 2.84. The van der Waals surface area contributed by atoms with Crippen LogP contribution in [0.25, 0.3) is 5.69 Å². The number of urea groups is 1. The summed E-state index contributed by atoms with van der Waals surface area (Å²) in [5.41, 5.74) is 1.77. The van der Waals surface area contributed by atoms with Crippen LogP contribution in [-0.2, 0) is 0 Å². The maximum Gasteiger partial charge on any atom is 0.321 e. The van der Waals surface area contributed by atoms with Gasteiger partial charge in [-0.15, -0.1) is 0 Å². The van der Waals surface area contributed by atoms with Gasteiger partial charge in [0.1, 0.15) is 0 Å². The molecule has 1 fully saturated rings. The van der Waals surface area contributed by atoms with Crippen molar-refractivity contribution in [2.24, 2.45) is 0 Å². The maximum absolute atomic E-state index is 12.2. The molecule has 0 unspecified atom stereocenters. The number of carbonyl (C=O) groups excluding carboxylic acids is 1. The third kappa shape index (κ3) is 3.21. The van der Waals surface area contributed by atoms with Crippen molar-refractivity contribution in [2.75, 3.05) is 23.9 Å². The van der Waals surface area contributed by atoms with Crippen LogP contribution in [0.5, 0.6) is 0 Å². The number of benzene rings is 1. The second-order valence-corrected chi connectivity index (χ2v) is 6.21. The Balaban J connectivity index is 1.63. The number of anilines is 1. The number of nitrogens with zero attached hydrogens (tertiary/aromatic N) is 3. The van der Waals surface area contributed by atoms with Crippen LogP contribution in [0.15, 0.2) is 42.7 Å². The quantitative estimate of drug-likeness (QED) is 0.948. The van der Waals surface area contributed by atoms with Gasteiger partial charge in [-0.3, -0.25) is 0 Å². The van der Waals surface area contributed by atoms with Crippen LogP contribution in [0.4, 0.5) is 10.5 Å². The van der Waals surface area contributed by atoms with E-state index in [4.69, 9.17) is 0 Å². The van der Waals surface area contributed by atoms with E-state index in [9.17, 15) is 4.79 Å². The summed E-state index contributed by atoms with van der Waals surface area (Å²) >= 11 is 1.90. The Morgan fingerprint density at radius 1 is 1.43 bits per heavy atom. The molecule has 0 spiro atoms. The Bertz CT molecular complexity index is 591. The zero-order valence-electron chi connectivity index (χ0n) is 11.9. The number of rotatable bonds is 3. The van der Waals surface area contributed by atoms with Crippen LogP contribution in [0.3, 0.4) is 0 Å². The molecule has 1 aliphatic heterocycles. The highest BCUT2D eigenvalue weighted by Crippen LogP contribution is 2.22. The third-order valence-corrected chi connectivity index (χ3v) is 4.81. The number of hydrogen-bond donors (Lipinski definition) is 1. The van der Waals surface area contributed by atoms with Crippen LogP contribution in [0, 0.1) is 0 Å². The standard InChI is InChI=1S/C15H18N4OS/c1-18(14-7-10-21-11-14)15(20)17-12-3-5-13(6-4-12)19-9-2-8-16-19/h2-6,8-9,14H,7,10-11H2,1H3,(H,17,20)/t14-/m0/s1. The van der Waals surface area contributed by atoms with Crippen molar-refractivity contribution in [3.63, 3.8) is 0 Å². The first-order valence-electron chi connectivity index (χ1n) is 6.96. The molecule has 0 bridgehead atoms. The minimum absolute atomic E-state index is 0.0469. The van der Waals surface area contributed by atoms with Gasteiger partial charge in [-0.05, 0) is 42.5 Å². The first-order chi connectivity index (χ1) is 10.2. The highest BCUT2D eigenvalue weighted by atomic mass is 32.2. The average molecular weight is 302 g/mol. The Labute approximate surface area is 128 Å². The molecule has 2 aromatic rings. The molecule has 2 amide bonds. The molecule has 0 aliphatic carbocycles. The maximum atomic E-state index is 12.2. The van der Waals surface area contributed by atoms with E-state index in [2.05, 4.69) is 10.4 Å². The van der Waals surface area contributed by atoms with Crippen LogP contribution >= 0.6 is 11.8 Å². The molecule has 1 atom stereocenters.